The average Bonchev–Trinajstić information content (AvgIpc) is 3.13. The number of nitrogens with two attached hydrogens (primary N) is 1. The summed E-state index contributed by atoms with van der Waals surface area (Å²) in [4.78, 5) is 12.7. The van der Waals surface area contributed by atoms with Gasteiger partial charge in [-0.05, 0) is 38.0 Å². The molecule has 1 fully saturated rings. The summed E-state index contributed by atoms with van der Waals surface area (Å²) in [5.41, 5.74) is 6.69. The molecule has 1 heterocycles. The van der Waals surface area contributed by atoms with Gasteiger partial charge in [-0.15, -0.1) is 0 Å². The summed E-state index contributed by atoms with van der Waals surface area (Å²) in [5, 5.41) is 5.96. The molecule has 0 spiro atoms. The lowest BCUT2D eigenvalue weighted by Crippen LogP contribution is -2.31. The van der Waals surface area contributed by atoms with Crippen molar-refractivity contribution in [3.05, 3.63) is 18.2 Å². The van der Waals surface area contributed by atoms with Crippen LogP contribution in [0.3, 0.4) is 0 Å². The minimum Gasteiger partial charge on any atom is -0.384 e. The van der Waals surface area contributed by atoms with Crippen LogP contribution in [0.25, 0.3) is 0 Å². The van der Waals surface area contributed by atoms with Gasteiger partial charge >= 0.3 is 0 Å². The molecule has 1 amide bonds. The van der Waals surface area contributed by atoms with Gasteiger partial charge in [-0.2, -0.15) is 4.31 Å². The van der Waals surface area contributed by atoms with Crippen molar-refractivity contribution in [2.24, 2.45) is 5.73 Å². The van der Waals surface area contributed by atoms with Crippen molar-refractivity contribution in [2.75, 3.05) is 36.8 Å². The molecule has 2 atom stereocenters. The van der Waals surface area contributed by atoms with Crippen molar-refractivity contribution in [1.82, 2.24) is 4.31 Å². The summed E-state index contributed by atoms with van der Waals surface area (Å²) < 4.78 is 32.6. The molecule has 1 saturated heterocycles. The molecule has 152 valence electrons. The predicted molar refractivity (Wildman–Crippen MR) is 106 cm³/mol. The number of ether oxygens (including phenoxy) is 1. The van der Waals surface area contributed by atoms with Gasteiger partial charge in [0.25, 0.3) is 5.91 Å². The van der Waals surface area contributed by atoms with Crippen LogP contribution < -0.4 is 16.4 Å². The quantitative estimate of drug-likeness (QED) is 0.582. The molecule has 2 rings (SSSR count). The number of carbonyl (C=O) groups is 1. The molecule has 4 N–H and O–H groups in total. The molecule has 1 aliphatic heterocycles. The lowest BCUT2D eigenvalue weighted by atomic mass is 10.2. The molecule has 9 heteroatoms. The van der Waals surface area contributed by atoms with Crippen LogP contribution >= 0.6 is 0 Å². The van der Waals surface area contributed by atoms with Crippen molar-refractivity contribution in [2.45, 2.75) is 50.7 Å². The average molecular weight is 399 g/mol. The van der Waals surface area contributed by atoms with Crippen molar-refractivity contribution < 1.29 is 17.9 Å². The summed E-state index contributed by atoms with van der Waals surface area (Å²) >= 11 is 0. The highest BCUT2D eigenvalue weighted by atomic mass is 32.2. The zero-order valence-electron chi connectivity index (χ0n) is 16.2. The minimum absolute atomic E-state index is 0.108. The van der Waals surface area contributed by atoms with E-state index in [9.17, 15) is 13.2 Å². The fourth-order valence-corrected chi connectivity index (χ4v) is 4.61. The van der Waals surface area contributed by atoms with Gasteiger partial charge < -0.3 is 21.1 Å². The Morgan fingerprint density at radius 3 is 2.48 bits per heavy atom. The third-order valence-electron chi connectivity index (χ3n) is 4.62. The maximum atomic E-state index is 12.8. The van der Waals surface area contributed by atoms with E-state index in [4.69, 9.17) is 10.5 Å². The molecule has 1 aromatic carbocycles. The highest BCUT2D eigenvalue weighted by Gasteiger charge is 2.30. The van der Waals surface area contributed by atoms with Gasteiger partial charge in [0.2, 0.25) is 10.0 Å². The summed E-state index contributed by atoms with van der Waals surface area (Å²) in [6.45, 7) is 7.30. The standard InChI is InChI=1S/C18H30N4O4S/c1-4-20-15-9-8-14(27(24,25)22(5-2)6-3)11-16(15)21-18(23)17-10-7-13(12-19)26-17/h8-9,11,13,17,20H,4-7,10,12,19H2,1-3H3,(H,21,23)/t13-,17+/m1/s1. The maximum Gasteiger partial charge on any atom is 0.253 e. The summed E-state index contributed by atoms with van der Waals surface area (Å²) in [7, 11) is -3.62. The molecular formula is C18H30N4O4S. The second kappa shape index (κ2) is 9.50. The van der Waals surface area contributed by atoms with Crippen molar-refractivity contribution in [3.8, 4) is 0 Å². The second-order valence-electron chi connectivity index (χ2n) is 6.38. The minimum atomic E-state index is -3.62. The van der Waals surface area contributed by atoms with E-state index in [1.54, 1.807) is 26.0 Å². The Morgan fingerprint density at radius 1 is 1.22 bits per heavy atom. The van der Waals surface area contributed by atoms with Crippen molar-refractivity contribution in [1.29, 1.82) is 0 Å². The topological polar surface area (TPSA) is 114 Å². The monoisotopic (exact) mass is 398 g/mol. The lowest BCUT2D eigenvalue weighted by Gasteiger charge is -2.20. The highest BCUT2D eigenvalue weighted by molar-refractivity contribution is 7.89. The maximum absolute atomic E-state index is 12.8. The summed E-state index contributed by atoms with van der Waals surface area (Å²) in [6, 6.07) is 4.73. The third-order valence-corrected chi connectivity index (χ3v) is 6.67. The van der Waals surface area contributed by atoms with Gasteiger partial charge in [-0.25, -0.2) is 8.42 Å². The lowest BCUT2D eigenvalue weighted by molar-refractivity contribution is -0.126. The van der Waals surface area contributed by atoms with E-state index < -0.39 is 16.1 Å². The Labute approximate surface area is 161 Å². The van der Waals surface area contributed by atoms with E-state index in [0.29, 0.717) is 44.0 Å². The van der Waals surface area contributed by atoms with Crippen LogP contribution in [0.15, 0.2) is 23.1 Å². The number of nitrogens with zero attached hydrogens (tertiary/aromatic N) is 1. The van der Waals surface area contributed by atoms with Crippen LogP contribution in [0.2, 0.25) is 0 Å². The molecule has 1 aliphatic rings. The van der Waals surface area contributed by atoms with Crippen LogP contribution in [-0.2, 0) is 19.6 Å². The Morgan fingerprint density at radius 2 is 1.93 bits per heavy atom. The number of rotatable bonds is 9. The number of nitrogens with one attached hydrogen (secondary N) is 2. The fraction of sp³-hybridized carbons (Fsp3) is 0.611. The zero-order chi connectivity index (χ0) is 20.0. The smallest absolute Gasteiger partial charge is 0.253 e. The van der Waals surface area contributed by atoms with Crippen LogP contribution in [-0.4, -0.2) is 57.0 Å². The Bertz CT molecular complexity index is 750. The van der Waals surface area contributed by atoms with Gasteiger partial charge in [0.05, 0.1) is 22.4 Å². The van der Waals surface area contributed by atoms with Crippen molar-refractivity contribution in [3.63, 3.8) is 0 Å². The molecule has 0 unspecified atom stereocenters. The fourth-order valence-electron chi connectivity index (χ4n) is 3.13. The van der Waals surface area contributed by atoms with E-state index in [1.807, 2.05) is 6.92 Å². The van der Waals surface area contributed by atoms with Gasteiger partial charge in [0, 0.05) is 26.2 Å². The van der Waals surface area contributed by atoms with Crippen LogP contribution in [0.1, 0.15) is 33.6 Å². The SMILES string of the molecule is CCNc1ccc(S(=O)(=O)N(CC)CC)cc1NC(=O)[C@@H]1CC[C@H](CN)O1. The van der Waals surface area contributed by atoms with Crippen LogP contribution in [0.5, 0.6) is 0 Å². The molecule has 0 aliphatic carbocycles. The highest BCUT2D eigenvalue weighted by Crippen LogP contribution is 2.28. The molecule has 1 aromatic rings. The van der Waals surface area contributed by atoms with Gasteiger partial charge in [-0.1, -0.05) is 13.8 Å². The third kappa shape index (κ3) is 4.98. The number of amides is 1. The largest absolute Gasteiger partial charge is 0.384 e. The molecule has 0 radical (unpaired) electrons. The number of anilines is 2. The van der Waals surface area contributed by atoms with Crippen LogP contribution in [0, 0.1) is 0 Å². The molecule has 0 saturated carbocycles. The first-order valence-corrected chi connectivity index (χ1v) is 10.9. The Hall–Kier alpha value is -1.68. The predicted octanol–water partition coefficient (Wildman–Crippen LogP) is 1.59. The van der Waals surface area contributed by atoms with Crippen molar-refractivity contribution >= 4 is 27.3 Å². The number of benzene rings is 1. The first-order valence-electron chi connectivity index (χ1n) is 9.41. The number of carbonyl (C=O) groups excluding carboxylic acids is 1. The number of sulfonamides is 1. The second-order valence-corrected chi connectivity index (χ2v) is 8.31. The molecular weight excluding hydrogens is 368 g/mol. The first kappa shape index (κ1) is 21.6. The molecule has 27 heavy (non-hydrogen) atoms. The number of hydrogen-bond acceptors (Lipinski definition) is 6. The van der Waals surface area contributed by atoms with E-state index in [0.717, 1.165) is 6.42 Å². The van der Waals surface area contributed by atoms with Gasteiger partial charge in [0.1, 0.15) is 6.10 Å². The zero-order valence-corrected chi connectivity index (χ0v) is 17.0. The van der Waals surface area contributed by atoms with E-state index >= 15 is 0 Å². The van der Waals surface area contributed by atoms with E-state index in [1.165, 1.54) is 10.4 Å². The molecule has 0 aromatic heterocycles. The van der Waals surface area contributed by atoms with Gasteiger partial charge in [-0.3, -0.25) is 4.79 Å². The molecule has 8 nitrogen and oxygen atoms in total. The summed E-state index contributed by atoms with van der Waals surface area (Å²) in [6.07, 6.45) is 0.659. The Kier molecular flexibility index (Phi) is 7.60. The van der Waals surface area contributed by atoms with Crippen LogP contribution in [0.4, 0.5) is 11.4 Å². The van der Waals surface area contributed by atoms with Gasteiger partial charge in [0.15, 0.2) is 0 Å². The summed E-state index contributed by atoms with van der Waals surface area (Å²) in [5.74, 6) is -0.289. The normalized spacial score (nSPS) is 20.0. The van der Waals surface area contributed by atoms with E-state index in [2.05, 4.69) is 10.6 Å². The number of hydrogen-bond donors (Lipinski definition) is 3. The molecule has 0 bridgehead atoms. The Balaban J connectivity index is 2.29. The van der Waals surface area contributed by atoms with E-state index in [-0.39, 0.29) is 16.9 Å². The first-order chi connectivity index (χ1) is 12.9.